The molecule has 0 saturated heterocycles. The highest BCUT2D eigenvalue weighted by molar-refractivity contribution is 7.71. The second-order valence-electron chi connectivity index (χ2n) is 5.02. The highest BCUT2D eigenvalue weighted by Gasteiger charge is 2.15. The van der Waals surface area contributed by atoms with Gasteiger partial charge in [0, 0.05) is 18.0 Å². The zero-order chi connectivity index (χ0) is 13.8. The van der Waals surface area contributed by atoms with Gasteiger partial charge in [0.15, 0.2) is 10.6 Å². The van der Waals surface area contributed by atoms with Crippen molar-refractivity contribution in [1.29, 1.82) is 0 Å². The minimum Gasteiger partial charge on any atom is -0.376 e. The van der Waals surface area contributed by atoms with E-state index in [4.69, 9.17) is 17.0 Å². The lowest BCUT2D eigenvalue weighted by Gasteiger charge is -2.12. The molecule has 1 aliphatic carbocycles. The molecule has 0 amide bonds. The molecule has 1 saturated carbocycles. The zero-order valence-electron chi connectivity index (χ0n) is 11.3. The summed E-state index contributed by atoms with van der Waals surface area (Å²) in [5.74, 6) is 0.818. The van der Waals surface area contributed by atoms with Crippen molar-refractivity contribution < 1.29 is 4.74 Å². The van der Waals surface area contributed by atoms with Crippen LogP contribution in [0.2, 0.25) is 0 Å². The molecule has 2 heterocycles. The molecule has 0 aromatic carbocycles. The quantitative estimate of drug-likeness (QED) is 0.860. The predicted molar refractivity (Wildman–Crippen MR) is 78.9 cm³/mol. The molecular formula is C14H18N4OS. The van der Waals surface area contributed by atoms with E-state index in [1.165, 1.54) is 25.7 Å². The summed E-state index contributed by atoms with van der Waals surface area (Å²) in [6, 6.07) is 3.87. The van der Waals surface area contributed by atoms with Crippen molar-refractivity contribution >= 4 is 12.2 Å². The Kier molecular flexibility index (Phi) is 4.22. The molecule has 1 N–H and O–H groups in total. The Morgan fingerprint density at radius 2 is 2.25 bits per heavy atom. The van der Waals surface area contributed by atoms with Crippen molar-refractivity contribution in [2.75, 3.05) is 6.61 Å². The Balaban J connectivity index is 1.69. The molecule has 6 heteroatoms. The van der Waals surface area contributed by atoms with Gasteiger partial charge in [-0.2, -0.15) is 5.10 Å². The summed E-state index contributed by atoms with van der Waals surface area (Å²) in [6.07, 6.45) is 8.92. The van der Waals surface area contributed by atoms with Gasteiger partial charge in [0.1, 0.15) is 0 Å². The Labute approximate surface area is 123 Å². The molecule has 1 aliphatic rings. The van der Waals surface area contributed by atoms with Crippen LogP contribution in [-0.2, 0) is 11.3 Å². The molecule has 1 fully saturated rings. The van der Waals surface area contributed by atoms with Crippen LogP contribution in [0.25, 0.3) is 11.4 Å². The summed E-state index contributed by atoms with van der Waals surface area (Å²) in [6.45, 7) is 1.39. The molecule has 5 nitrogen and oxygen atoms in total. The van der Waals surface area contributed by atoms with Gasteiger partial charge in [-0.05, 0) is 37.2 Å². The van der Waals surface area contributed by atoms with E-state index in [0.29, 0.717) is 17.5 Å². The maximum Gasteiger partial charge on any atom is 0.195 e. The number of H-pyrrole nitrogens is 1. The lowest BCUT2D eigenvalue weighted by Crippen LogP contribution is -2.14. The smallest absolute Gasteiger partial charge is 0.195 e. The number of pyridine rings is 1. The van der Waals surface area contributed by atoms with E-state index < -0.39 is 0 Å². The lowest BCUT2D eigenvalue weighted by atomic mass is 10.3. The van der Waals surface area contributed by atoms with Crippen molar-refractivity contribution in [3.05, 3.63) is 29.3 Å². The molecule has 0 radical (unpaired) electrons. The molecule has 106 valence electrons. The summed E-state index contributed by atoms with van der Waals surface area (Å²) in [4.78, 5) is 4.12. The summed E-state index contributed by atoms with van der Waals surface area (Å²) < 4.78 is 8.50. The van der Waals surface area contributed by atoms with Crippen LogP contribution in [0.5, 0.6) is 0 Å². The van der Waals surface area contributed by atoms with E-state index in [0.717, 1.165) is 17.9 Å². The van der Waals surface area contributed by atoms with Crippen molar-refractivity contribution in [2.45, 2.75) is 38.3 Å². The van der Waals surface area contributed by atoms with Gasteiger partial charge < -0.3 is 4.74 Å². The number of ether oxygens (including phenoxy) is 1. The third-order valence-corrected chi connectivity index (χ3v) is 3.96. The minimum atomic E-state index is 0.429. The third kappa shape index (κ3) is 2.96. The van der Waals surface area contributed by atoms with Gasteiger partial charge in [-0.15, -0.1) is 0 Å². The van der Waals surface area contributed by atoms with Gasteiger partial charge in [-0.1, -0.05) is 12.8 Å². The number of rotatable bonds is 5. The molecule has 20 heavy (non-hydrogen) atoms. The summed E-state index contributed by atoms with van der Waals surface area (Å²) >= 11 is 5.29. The average molecular weight is 290 g/mol. The molecule has 0 bridgehead atoms. The van der Waals surface area contributed by atoms with Crippen molar-refractivity contribution in [3.63, 3.8) is 0 Å². The van der Waals surface area contributed by atoms with Gasteiger partial charge in [0.05, 0.1) is 19.3 Å². The fraction of sp³-hybridized carbons (Fsp3) is 0.500. The molecular weight excluding hydrogens is 272 g/mol. The Morgan fingerprint density at radius 1 is 1.40 bits per heavy atom. The van der Waals surface area contributed by atoms with Crippen LogP contribution in [0, 0.1) is 4.77 Å². The van der Waals surface area contributed by atoms with Gasteiger partial charge in [0.25, 0.3) is 0 Å². The maximum atomic E-state index is 5.90. The summed E-state index contributed by atoms with van der Waals surface area (Å²) in [5, 5.41) is 7.13. The molecule has 0 unspecified atom stereocenters. The highest BCUT2D eigenvalue weighted by Crippen LogP contribution is 2.21. The van der Waals surface area contributed by atoms with E-state index >= 15 is 0 Å². The first-order valence-electron chi connectivity index (χ1n) is 7.02. The number of hydrogen-bond donors (Lipinski definition) is 1. The van der Waals surface area contributed by atoms with Crippen molar-refractivity contribution in [2.24, 2.45) is 0 Å². The largest absolute Gasteiger partial charge is 0.376 e. The minimum absolute atomic E-state index is 0.429. The first kappa shape index (κ1) is 13.5. The van der Waals surface area contributed by atoms with Gasteiger partial charge in [0.2, 0.25) is 0 Å². The number of hydrogen-bond acceptors (Lipinski definition) is 4. The van der Waals surface area contributed by atoms with Crippen molar-refractivity contribution in [3.8, 4) is 11.4 Å². The number of aromatic amines is 1. The van der Waals surface area contributed by atoms with E-state index in [9.17, 15) is 0 Å². The monoisotopic (exact) mass is 290 g/mol. The van der Waals surface area contributed by atoms with Crippen LogP contribution in [-0.4, -0.2) is 32.5 Å². The SMILES string of the molecule is S=c1[nH]nc(-c2cccnc2)n1CCOC1CCCC1. The average Bonchev–Trinajstić information content (AvgIpc) is 3.11. The Morgan fingerprint density at radius 3 is 3.00 bits per heavy atom. The second-order valence-corrected chi connectivity index (χ2v) is 5.41. The molecule has 0 aliphatic heterocycles. The number of nitrogens with one attached hydrogen (secondary N) is 1. The molecule has 0 atom stereocenters. The van der Waals surface area contributed by atoms with Crippen molar-refractivity contribution in [1.82, 2.24) is 19.7 Å². The lowest BCUT2D eigenvalue weighted by molar-refractivity contribution is 0.0530. The molecule has 3 rings (SSSR count). The topological polar surface area (TPSA) is 55.7 Å². The van der Waals surface area contributed by atoms with Gasteiger partial charge in [-0.3, -0.25) is 14.6 Å². The number of nitrogens with zero attached hydrogens (tertiary/aromatic N) is 3. The number of aromatic nitrogens is 4. The van der Waals surface area contributed by atoms with Crippen LogP contribution < -0.4 is 0 Å². The van der Waals surface area contributed by atoms with Crippen LogP contribution in [0.4, 0.5) is 0 Å². The third-order valence-electron chi connectivity index (χ3n) is 3.65. The molecule has 2 aromatic rings. The van der Waals surface area contributed by atoms with E-state index in [1.54, 1.807) is 12.4 Å². The zero-order valence-corrected chi connectivity index (χ0v) is 12.1. The fourth-order valence-corrected chi connectivity index (χ4v) is 2.83. The van der Waals surface area contributed by atoms with Gasteiger partial charge >= 0.3 is 0 Å². The Bertz CT molecular complexity index is 601. The van der Waals surface area contributed by atoms with Crippen LogP contribution in [0.3, 0.4) is 0 Å². The summed E-state index contributed by atoms with van der Waals surface area (Å²) in [5.41, 5.74) is 0.959. The van der Waals surface area contributed by atoms with Gasteiger partial charge in [-0.25, -0.2) is 0 Å². The molecule has 0 spiro atoms. The standard InChI is InChI=1S/C14H18N4OS/c20-14-17-16-13(11-4-3-7-15-10-11)18(14)8-9-19-12-5-1-2-6-12/h3-4,7,10,12H,1-2,5-6,8-9H2,(H,17,20). The molecule has 2 aromatic heterocycles. The highest BCUT2D eigenvalue weighted by atomic mass is 32.1. The first-order chi connectivity index (χ1) is 9.84. The van der Waals surface area contributed by atoms with Crippen LogP contribution in [0.15, 0.2) is 24.5 Å². The van der Waals surface area contributed by atoms with E-state index in [-0.39, 0.29) is 0 Å². The first-order valence-corrected chi connectivity index (χ1v) is 7.42. The van der Waals surface area contributed by atoms with E-state index in [2.05, 4.69) is 15.2 Å². The van der Waals surface area contributed by atoms with E-state index in [1.807, 2.05) is 16.7 Å². The maximum absolute atomic E-state index is 5.90. The van der Waals surface area contributed by atoms with Crippen LogP contribution >= 0.6 is 12.2 Å². The predicted octanol–water partition coefficient (Wildman–Crippen LogP) is 2.96. The van der Waals surface area contributed by atoms with Crippen LogP contribution in [0.1, 0.15) is 25.7 Å². The second kappa shape index (κ2) is 6.28. The summed E-state index contributed by atoms with van der Waals surface area (Å²) in [7, 11) is 0. The fourth-order valence-electron chi connectivity index (χ4n) is 2.61. The normalized spacial score (nSPS) is 15.8. The Hall–Kier alpha value is -1.53.